The molecule has 0 saturated heterocycles. The number of carbonyl (C=O) groups excluding carboxylic acids is 1. The summed E-state index contributed by atoms with van der Waals surface area (Å²) in [6.07, 6.45) is 5.04. The van der Waals surface area contributed by atoms with E-state index in [-0.39, 0.29) is 5.91 Å². The molecule has 0 fully saturated rings. The minimum atomic E-state index is -0.342. The van der Waals surface area contributed by atoms with Gasteiger partial charge in [0.05, 0.1) is 5.69 Å². The topological polar surface area (TPSA) is 20.3 Å². The van der Waals surface area contributed by atoms with Gasteiger partial charge in [-0.25, -0.2) is 0 Å². The predicted molar refractivity (Wildman–Crippen MR) is 69.1 cm³/mol. The number of terminal acetylenes is 1. The molecule has 1 rings (SSSR count). The first-order valence-electron chi connectivity index (χ1n) is 3.75. The average molecular weight is 364 g/mol. The van der Waals surface area contributed by atoms with Crippen LogP contribution >= 0.6 is 38.5 Å². The van der Waals surface area contributed by atoms with E-state index in [1.807, 2.05) is 18.2 Å². The molecule has 72 valence electrons. The number of nitrogens with zero attached hydrogens (tertiary/aromatic N) is 1. The molecule has 0 spiro atoms. The molecule has 0 aromatic heterocycles. The number of carbonyl (C=O) groups is 1. The molecule has 0 N–H and O–H groups in total. The highest BCUT2D eigenvalue weighted by molar-refractivity contribution is 14.1. The van der Waals surface area contributed by atoms with Crippen molar-refractivity contribution in [2.45, 2.75) is 0 Å². The van der Waals surface area contributed by atoms with Gasteiger partial charge >= 0.3 is 5.91 Å². The molecule has 0 aliphatic carbocycles. The zero-order valence-corrected chi connectivity index (χ0v) is 11.2. The summed E-state index contributed by atoms with van der Waals surface area (Å²) in [4.78, 5) is 12.7. The Kier molecular flexibility index (Phi) is 3.96. The highest BCUT2D eigenvalue weighted by Crippen LogP contribution is 2.25. The lowest BCUT2D eigenvalue weighted by Crippen LogP contribution is -2.25. The molecule has 0 saturated carbocycles. The number of hydrogen-bond donors (Lipinski definition) is 0. The number of rotatable bonds is 1. The summed E-state index contributed by atoms with van der Waals surface area (Å²) in [5.41, 5.74) is 0.816. The molecule has 0 atom stereocenters. The van der Waals surface area contributed by atoms with Crippen LogP contribution < -0.4 is 4.90 Å². The lowest BCUT2D eigenvalue weighted by molar-refractivity contribution is -0.113. The maximum absolute atomic E-state index is 11.2. The average Bonchev–Trinajstić information content (AvgIpc) is 2.15. The Labute approximate surface area is 105 Å². The summed E-state index contributed by atoms with van der Waals surface area (Å²) in [5, 5.41) is 0. The third-order valence-corrected chi connectivity index (χ3v) is 3.06. The molecule has 0 aliphatic heterocycles. The maximum Gasteiger partial charge on any atom is 0.302 e. The smallest absolute Gasteiger partial charge is 0.302 e. The fourth-order valence-electron chi connectivity index (χ4n) is 0.960. The standard InChI is InChI=1S/C10H7BrINO/c1-3-10(14)13(2)9-5-4-7(11)6-8(9)12/h1,4-6H,2H3. The quantitative estimate of drug-likeness (QED) is 0.555. The molecule has 0 radical (unpaired) electrons. The van der Waals surface area contributed by atoms with E-state index in [2.05, 4.69) is 44.4 Å². The summed E-state index contributed by atoms with van der Waals surface area (Å²) in [6, 6.07) is 5.65. The molecule has 1 aromatic carbocycles. The van der Waals surface area contributed by atoms with E-state index in [1.165, 1.54) is 4.90 Å². The van der Waals surface area contributed by atoms with Gasteiger partial charge in [0.15, 0.2) is 0 Å². The minimum Gasteiger partial charge on any atom is -0.304 e. The second-order valence-electron chi connectivity index (χ2n) is 2.60. The Balaban J connectivity index is 3.09. The first kappa shape index (κ1) is 11.5. The van der Waals surface area contributed by atoms with E-state index in [1.54, 1.807) is 7.05 Å². The van der Waals surface area contributed by atoms with Crippen molar-refractivity contribution in [3.8, 4) is 12.3 Å². The van der Waals surface area contributed by atoms with Crippen LogP contribution in [0.15, 0.2) is 22.7 Å². The third kappa shape index (κ3) is 2.49. The SMILES string of the molecule is C#CC(=O)N(C)c1ccc(Br)cc1I. The first-order valence-corrected chi connectivity index (χ1v) is 5.62. The van der Waals surface area contributed by atoms with Gasteiger partial charge in [0.25, 0.3) is 0 Å². The van der Waals surface area contributed by atoms with Crippen LogP contribution in [0.25, 0.3) is 0 Å². The Morgan fingerprint density at radius 2 is 2.29 bits per heavy atom. The van der Waals surface area contributed by atoms with Crippen molar-refractivity contribution in [1.29, 1.82) is 0 Å². The molecule has 0 unspecified atom stereocenters. The van der Waals surface area contributed by atoms with Crippen LogP contribution in [-0.2, 0) is 4.79 Å². The highest BCUT2D eigenvalue weighted by atomic mass is 127. The monoisotopic (exact) mass is 363 g/mol. The molecule has 4 heteroatoms. The Bertz CT molecular complexity index is 411. The van der Waals surface area contributed by atoms with Gasteiger partial charge in [-0.2, -0.15) is 0 Å². The van der Waals surface area contributed by atoms with E-state index in [0.29, 0.717) is 0 Å². The van der Waals surface area contributed by atoms with Gasteiger partial charge in [-0.3, -0.25) is 4.79 Å². The van der Waals surface area contributed by atoms with Crippen LogP contribution in [0.4, 0.5) is 5.69 Å². The van der Waals surface area contributed by atoms with Gasteiger partial charge in [0.2, 0.25) is 0 Å². The van der Waals surface area contributed by atoms with Crippen LogP contribution in [0.5, 0.6) is 0 Å². The van der Waals surface area contributed by atoms with Gasteiger partial charge in [-0.15, -0.1) is 6.42 Å². The molecule has 0 heterocycles. The van der Waals surface area contributed by atoms with Crippen molar-refractivity contribution < 1.29 is 4.79 Å². The highest BCUT2D eigenvalue weighted by Gasteiger charge is 2.10. The largest absolute Gasteiger partial charge is 0.304 e. The maximum atomic E-state index is 11.2. The summed E-state index contributed by atoms with van der Waals surface area (Å²) < 4.78 is 1.95. The van der Waals surface area contributed by atoms with E-state index >= 15 is 0 Å². The number of anilines is 1. The van der Waals surface area contributed by atoms with Crippen molar-refractivity contribution in [3.63, 3.8) is 0 Å². The Hall–Kier alpha value is -0.540. The van der Waals surface area contributed by atoms with Crippen LogP contribution in [-0.4, -0.2) is 13.0 Å². The molecule has 0 bridgehead atoms. The third-order valence-electron chi connectivity index (χ3n) is 1.70. The van der Waals surface area contributed by atoms with Crippen molar-refractivity contribution in [2.24, 2.45) is 0 Å². The van der Waals surface area contributed by atoms with Crippen molar-refractivity contribution in [2.75, 3.05) is 11.9 Å². The summed E-state index contributed by atoms with van der Waals surface area (Å²) in [7, 11) is 1.66. The number of amides is 1. The normalized spacial score (nSPS) is 9.29. The van der Waals surface area contributed by atoms with Crippen molar-refractivity contribution in [1.82, 2.24) is 0 Å². The Morgan fingerprint density at radius 3 is 2.79 bits per heavy atom. The first-order chi connectivity index (χ1) is 6.56. The zero-order chi connectivity index (χ0) is 10.7. The number of hydrogen-bond acceptors (Lipinski definition) is 1. The van der Waals surface area contributed by atoms with Gasteiger partial charge in [-0.05, 0) is 46.7 Å². The summed E-state index contributed by atoms with van der Waals surface area (Å²) in [5.74, 6) is 1.73. The van der Waals surface area contributed by atoms with Crippen LogP contribution in [0, 0.1) is 15.9 Å². The lowest BCUT2D eigenvalue weighted by Gasteiger charge is -2.15. The predicted octanol–water partition coefficient (Wildman–Crippen LogP) is 2.65. The second kappa shape index (κ2) is 4.80. The summed E-state index contributed by atoms with van der Waals surface area (Å²) >= 11 is 5.51. The van der Waals surface area contributed by atoms with Gasteiger partial charge in [0.1, 0.15) is 0 Å². The van der Waals surface area contributed by atoms with Crippen LogP contribution in [0.1, 0.15) is 0 Å². The molecule has 2 nitrogen and oxygen atoms in total. The van der Waals surface area contributed by atoms with Gasteiger partial charge in [-0.1, -0.05) is 15.9 Å². The second-order valence-corrected chi connectivity index (χ2v) is 4.68. The minimum absolute atomic E-state index is 0.342. The molecule has 1 aromatic rings. The van der Waals surface area contributed by atoms with Gasteiger partial charge in [0, 0.05) is 15.1 Å². The van der Waals surface area contributed by atoms with E-state index in [0.717, 1.165) is 13.7 Å². The fraction of sp³-hybridized carbons (Fsp3) is 0.100. The van der Waals surface area contributed by atoms with Crippen LogP contribution in [0.2, 0.25) is 0 Å². The fourth-order valence-corrected chi connectivity index (χ4v) is 2.63. The van der Waals surface area contributed by atoms with Crippen molar-refractivity contribution in [3.05, 3.63) is 26.2 Å². The van der Waals surface area contributed by atoms with Crippen molar-refractivity contribution >= 4 is 50.1 Å². The number of halogens is 2. The zero-order valence-electron chi connectivity index (χ0n) is 7.42. The van der Waals surface area contributed by atoms with Gasteiger partial charge < -0.3 is 4.90 Å². The van der Waals surface area contributed by atoms with E-state index in [4.69, 9.17) is 6.42 Å². The number of benzene rings is 1. The molecular weight excluding hydrogens is 357 g/mol. The lowest BCUT2D eigenvalue weighted by atomic mass is 10.3. The molecule has 1 amide bonds. The van der Waals surface area contributed by atoms with E-state index in [9.17, 15) is 4.79 Å². The molecular formula is C10H7BrINO. The summed E-state index contributed by atoms with van der Waals surface area (Å²) in [6.45, 7) is 0. The van der Waals surface area contributed by atoms with E-state index < -0.39 is 0 Å². The molecule has 0 aliphatic rings. The molecule has 14 heavy (non-hydrogen) atoms. The van der Waals surface area contributed by atoms with Crippen LogP contribution in [0.3, 0.4) is 0 Å². The Morgan fingerprint density at radius 1 is 1.64 bits per heavy atom.